The van der Waals surface area contributed by atoms with E-state index in [-0.39, 0.29) is 24.0 Å². The number of aryl methyl sites for hydroxylation is 1. The second-order valence-electron chi connectivity index (χ2n) is 5.89. The van der Waals surface area contributed by atoms with Crippen LogP contribution in [0, 0.1) is 6.92 Å². The van der Waals surface area contributed by atoms with E-state index < -0.39 is 0 Å². The molecule has 0 amide bonds. The number of methoxy groups -OCH3 is 1. The number of rotatable bonds is 9. The Morgan fingerprint density at radius 1 is 1.27 bits per heavy atom. The minimum Gasteiger partial charge on any atom is -0.385 e. The molecule has 0 saturated heterocycles. The van der Waals surface area contributed by atoms with E-state index in [1.807, 2.05) is 19.3 Å². The number of hydrogen-bond donors (Lipinski definition) is 2. The Labute approximate surface area is 173 Å². The Bertz CT molecular complexity index is 671. The third-order valence-corrected chi connectivity index (χ3v) is 3.85. The number of benzene rings is 1. The van der Waals surface area contributed by atoms with Gasteiger partial charge >= 0.3 is 0 Å². The van der Waals surface area contributed by atoms with Gasteiger partial charge in [-0.1, -0.05) is 24.3 Å². The Hall–Kier alpha value is -1.61. The van der Waals surface area contributed by atoms with E-state index in [0.29, 0.717) is 6.54 Å². The van der Waals surface area contributed by atoms with E-state index in [9.17, 15) is 0 Å². The van der Waals surface area contributed by atoms with Crippen molar-refractivity contribution < 1.29 is 4.74 Å². The quantitative estimate of drug-likeness (QED) is 0.256. The second-order valence-corrected chi connectivity index (χ2v) is 5.89. The van der Waals surface area contributed by atoms with E-state index in [4.69, 9.17) is 4.74 Å². The maximum Gasteiger partial charge on any atom is 0.191 e. The molecule has 7 heteroatoms. The zero-order valence-corrected chi connectivity index (χ0v) is 18.2. The molecule has 1 aromatic carbocycles. The first-order valence-electron chi connectivity index (χ1n) is 8.79. The van der Waals surface area contributed by atoms with Crippen molar-refractivity contribution in [3.05, 3.63) is 53.6 Å². The van der Waals surface area contributed by atoms with E-state index in [1.54, 1.807) is 7.11 Å². The number of ether oxygens (including phenoxy) is 1. The maximum absolute atomic E-state index is 5.07. The highest BCUT2D eigenvalue weighted by Crippen LogP contribution is 2.09. The minimum absolute atomic E-state index is 0. The van der Waals surface area contributed by atoms with Gasteiger partial charge in [-0.15, -0.1) is 24.0 Å². The van der Waals surface area contributed by atoms with Gasteiger partial charge in [0.25, 0.3) is 0 Å². The first-order valence-corrected chi connectivity index (χ1v) is 8.79. The fraction of sp³-hybridized carbons (Fsp3) is 0.474. The molecule has 6 nitrogen and oxygen atoms in total. The first kappa shape index (κ1) is 22.4. The molecule has 2 rings (SSSR count). The molecule has 0 atom stereocenters. The molecular formula is C19H30IN5O. The monoisotopic (exact) mass is 471 g/mol. The predicted molar refractivity (Wildman–Crippen MR) is 117 cm³/mol. The molecule has 0 radical (unpaired) electrons. The summed E-state index contributed by atoms with van der Waals surface area (Å²) in [5.41, 5.74) is 2.45. The van der Waals surface area contributed by atoms with Crippen LogP contribution in [0.3, 0.4) is 0 Å². The molecular weight excluding hydrogens is 441 g/mol. The van der Waals surface area contributed by atoms with Crippen LogP contribution in [-0.2, 0) is 17.8 Å². The highest BCUT2D eigenvalue weighted by molar-refractivity contribution is 14.0. The van der Waals surface area contributed by atoms with Gasteiger partial charge in [-0.3, -0.25) is 0 Å². The van der Waals surface area contributed by atoms with Crippen LogP contribution >= 0.6 is 24.0 Å². The number of nitrogens with one attached hydrogen (secondary N) is 2. The van der Waals surface area contributed by atoms with Crippen molar-refractivity contribution >= 4 is 29.9 Å². The molecule has 2 aromatic rings. The van der Waals surface area contributed by atoms with Gasteiger partial charge in [-0.05, 0) is 31.4 Å². The van der Waals surface area contributed by atoms with Gasteiger partial charge in [0, 0.05) is 45.7 Å². The number of aliphatic imine (C=N–C) groups is 1. The summed E-state index contributed by atoms with van der Waals surface area (Å²) < 4.78 is 7.21. The lowest BCUT2D eigenvalue weighted by molar-refractivity contribution is 0.195. The van der Waals surface area contributed by atoms with Crippen LogP contribution in [0.1, 0.15) is 30.3 Å². The van der Waals surface area contributed by atoms with Crippen LogP contribution in [0.25, 0.3) is 0 Å². The summed E-state index contributed by atoms with van der Waals surface area (Å²) in [5.74, 6) is 1.87. The van der Waals surface area contributed by atoms with Gasteiger partial charge in [-0.2, -0.15) is 0 Å². The molecule has 1 heterocycles. The van der Waals surface area contributed by atoms with Gasteiger partial charge < -0.3 is 19.9 Å². The number of halogens is 1. The standard InChI is InChI=1S/C19H29N5O.HI/c1-4-20-19(22-9-6-12-25-3)23-14-17-7-5-8-18(13-17)15-24-11-10-21-16(24)2;/h5,7-8,10-11,13H,4,6,9,12,14-15H2,1-3H3,(H2,20,22,23);1H. The summed E-state index contributed by atoms with van der Waals surface area (Å²) in [7, 11) is 1.72. The molecule has 0 unspecified atom stereocenters. The minimum atomic E-state index is 0. The number of nitrogens with zero attached hydrogens (tertiary/aromatic N) is 3. The maximum atomic E-state index is 5.07. The van der Waals surface area contributed by atoms with Gasteiger partial charge in [-0.25, -0.2) is 9.98 Å². The smallest absolute Gasteiger partial charge is 0.191 e. The topological polar surface area (TPSA) is 63.5 Å². The molecule has 0 spiro atoms. The third-order valence-electron chi connectivity index (χ3n) is 3.85. The fourth-order valence-corrected chi connectivity index (χ4v) is 2.53. The summed E-state index contributed by atoms with van der Waals surface area (Å²) in [6, 6.07) is 8.55. The zero-order valence-electron chi connectivity index (χ0n) is 15.9. The number of hydrogen-bond acceptors (Lipinski definition) is 3. The van der Waals surface area contributed by atoms with E-state index in [0.717, 1.165) is 44.4 Å². The Morgan fingerprint density at radius 3 is 2.77 bits per heavy atom. The van der Waals surface area contributed by atoms with Crippen LogP contribution < -0.4 is 10.6 Å². The van der Waals surface area contributed by atoms with E-state index >= 15 is 0 Å². The molecule has 144 valence electrons. The average Bonchev–Trinajstić information content (AvgIpc) is 3.01. The van der Waals surface area contributed by atoms with E-state index in [1.165, 1.54) is 11.1 Å². The summed E-state index contributed by atoms with van der Waals surface area (Å²) in [5, 5.41) is 6.60. The fourth-order valence-electron chi connectivity index (χ4n) is 2.53. The Kier molecular flexibility index (Phi) is 11.0. The van der Waals surface area contributed by atoms with Gasteiger partial charge in [0.1, 0.15) is 5.82 Å². The van der Waals surface area contributed by atoms with Gasteiger partial charge in [0.05, 0.1) is 6.54 Å². The molecule has 2 N–H and O–H groups in total. The first-order chi connectivity index (χ1) is 12.2. The Balaban J connectivity index is 0.00000338. The molecule has 1 aromatic heterocycles. The van der Waals surface area contributed by atoms with Crippen molar-refractivity contribution in [2.24, 2.45) is 4.99 Å². The van der Waals surface area contributed by atoms with Crippen LogP contribution in [0.15, 0.2) is 41.7 Å². The van der Waals surface area contributed by atoms with E-state index in [2.05, 4.69) is 56.4 Å². The zero-order chi connectivity index (χ0) is 17.9. The molecule has 0 bridgehead atoms. The van der Waals surface area contributed by atoms with Crippen LogP contribution in [0.4, 0.5) is 0 Å². The van der Waals surface area contributed by atoms with Crippen LogP contribution in [0.5, 0.6) is 0 Å². The number of imidazole rings is 1. The molecule has 0 aliphatic heterocycles. The average molecular weight is 471 g/mol. The molecule has 0 saturated carbocycles. The lowest BCUT2D eigenvalue weighted by Gasteiger charge is -2.11. The lowest BCUT2D eigenvalue weighted by Crippen LogP contribution is -2.38. The van der Waals surface area contributed by atoms with Crippen molar-refractivity contribution in [1.29, 1.82) is 0 Å². The Morgan fingerprint density at radius 2 is 2.08 bits per heavy atom. The van der Waals surface area contributed by atoms with Crippen molar-refractivity contribution in [2.75, 3.05) is 26.8 Å². The summed E-state index contributed by atoms with van der Waals surface area (Å²) in [4.78, 5) is 8.94. The lowest BCUT2D eigenvalue weighted by atomic mass is 10.1. The molecule has 0 fully saturated rings. The highest BCUT2D eigenvalue weighted by Gasteiger charge is 2.01. The summed E-state index contributed by atoms with van der Waals surface area (Å²) >= 11 is 0. The number of aromatic nitrogens is 2. The van der Waals surface area contributed by atoms with Gasteiger partial charge in [0.2, 0.25) is 0 Å². The van der Waals surface area contributed by atoms with Crippen molar-refractivity contribution in [3.63, 3.8) is 0 Å². The highest BCUT2D eigenvalue weighted by atomic mass is 127. The van der Waals surface area contributed by atoms with Crippen molar-refractivity contribution in [2.45, 2.75) is 33.4 Å². The van der Waals surface area contributed by atoms with Gasteiger partial charge in [0.15, 0.2) is 5.96 Å². The predicted octanol–water partition coefficient (Wildman–Crippen LogP) is 2.95. The van der Waals surface area contributed by atoms with Crippen LogP contribution in [-0.4, -0.2) is 42.3 Å². The van der Waals surface area contributed by atoms with Crippen molar-refractivity contribution in [1.82, 2.24) is 20.2 Å². The molecule has 0 aliphatic rings. The van der Waals surface area contributed by atoms with Crippen molar-refractivity contribution in [3.8, 4) is 0 Å². The van der Waals surface area contributed by atoms with Crippen LogP contribution in [0.2, 0.25) is 0 Å². The molecule has 0 aliphatic carbocycles. The normalized spacial score (nSPS) is 11.1. The summed E-state index contributed by atoms with van der Waals surface area (Å²) in [6.45, 7) is 8.01. The largest absolute Gasteiger partial charge is 0.385 e. The summed E-state index contributed by atoms with van der Waals surface area (Å²) in [6.07, 6.45) is 4.80. The number of guanidine groups is 1. The SMILES string of the molecule is CCNC(=NCc1cccc(Cn2ccnc2C)c1)NCCCOC.I. The molecule has 26 heavy (non-hydrogen) atoms. The second kappa shape index (κ2) is 12.7. The third kappa shape index (κ3) is 7.74.